The lowest BCUT2D eigenvalue weighted by Crippen LogP contribution is -2.56. The molecule has 18 heavy (non-hydrogen) atoms. The third kappa shape index (κ3) is 2.86. The molecule has 3 N–H and O–H groups in total. The molecule has 2 aromatic rings. The highest BCUT2D eigenvalue weighted by atomic mass is 31.2. The second kappa shape index (κ2) is 5.04. The number of rotatable bonds is 3. The Morgan fingerprint density at radius 2 is 1.39 bits per heavy atom. The summed E-state index contributed by atoms with van der Waals surface area (Å²) in [6, 6.07) is 16.5. The van der Waals surface area contributed by atoms with E-state index in [4.69, 9.17) is 0 Å². The molecule has 0 unspecified atom stereocenters. The van der Waals surface area contributed by atoms with E-state index in [9.17, 15) is 14.4 Å². The van der Waals surface area contributed by atoms with Crippen molar-refractivity contribution in [3.8, 4) is 11.1 Å². The molecule has 0 amide bonds. The lowest BCUT2D eigenvalue weighted by molar-refractivity contribution is -0.434. The molecule has 0 heterocycles. The van der Waals surface area contributed by atoms with Crippen molar-refractivity contribution in [1.29, 1.82) is 0 Å². The molecule has 0 aliphatic carbocycles. The molecule has 4 nitrogen and oxygen atoms in total. The fourth-order valence-electron chi connectivity index (χ4n) is 1.71. The Morgan fingerprint density at radius 1 is 0.889 bits per heavy atom. The molecule has 0 bridgehead atoms. The first kappa shape index (κ1) is 13.0. The van der Waals surface area contributed by atoms with E-state index >= 15 is 0 Å². The SMILES string of the molecule is [NH3+][C@H](c1ccc(-c2ccccc2)cc1)P(=O)([O-])[O-]. The zero-order chi connectivity index (χ0) is 13.2. The van der Waals surface area contributed by atoms with Crippen LogP contribution in [0.4, 0.5) is 0 Å². The van der Waals surface area contributed by atoms with Crippen LogP contribution < -0.4 is 15.5 Å². The minimum Gasteiger partial charge on any atom is -0.806 e. The van der Waals surface area contributed by atoms with Crippen molar-refractivity contribution in [3.05, 3.63) is 60.2 Å². The van der Waals surface area contributed by atoms with Crippen LogP contribution in [-0.4, -0.2) is 0 Å². The minimum atomic E-state index is -4.68. The Kier molecular flexibility index (Phi) is 3.64. The number of benzene rings is 2. The predicted octanol–water partition coefficient (Wildman–Crippen LogP) is 0.508. The first-order valence-corrected chi connectivity index (χ1v) is 7.10. The molecule has 2 rings (SSSR count). The van der Waals surface area contributed by atoms with Crippen molar-refractivity contribution in [2.75, 3.05) is 0 Å². The first-order valence-electron chi connectivity index (χ1n) is 5.48. The maximum Gasteiger partial charge on any atom is 0.135 e. The lowest BCUT2D eigenvalue weighted by atomic mass is 10.0. The molecule has 0 saturated carbocycles. The average molecular weight is 262 g/mol. The summed E-state index contributed by atoms with van der Waals surface area (Å²) in [5.41, 5.74) is 5.82. The zero-order valence-corrected chi connectivity index (χ0v) is 10.5. The second-order valence-corrected chi connectivity index (χ2v) is 5.75. The van der Waals surface area contributed by atoms with Crippen molar-refractivity contribution in [1.82, 2.24) is 0 Å². The maximum atomic E-state index is 10.9. The van der Waals surface area contributed by atoms with Gasteiger partial charge in [-0.25, -0.2) is 0 Å². The third-order valence-corrected chi connectivity index (χ3v) is 3.85. The number of hydrogen-bond acceptors (Lipinski definition) is 3. The fourth-order valence-corrected chi connectivity index (χ4v) is 2.25. The molecule has 1 atom stereocenters. The summed E-state index contributed by atoms with van der Waals surface area (Å²) in [6.45, 7) is 0. The van der Waals surface area contributed by atoms with Crippen LogP contribution in [0.2, 0.25) is 0 Å². The Bertz CT molecular complexity index is 563. The first-order chi connectivity index (χ1) is 8.48. The summed E-state index contributed by atoms with van der Waals surface area (Å²) in [5.74, 6) is -1.23. The fraction of sp³-hybridized carbons (Fsp3) is 0.0769. The van der Waals surface area contributed by atoms with Crippen LogP contribution >= 0.6 is 7.60 Å². The molecule has 2 aromatic carbocycles. The van der Waals surface area contributed by atoms with Gasteiger partial charge in [0.15, 0.2) is 0 Å². The third-order valence-electron chi connectivity index (χ3n) is 2.78. The summed E-state index contributed by atoms with van der Waals surface area (Å²) >= 11 is 0. The Hall–Kier alpha value is -1.45. The van der Waals surface area contributed by atoms with Crippen molar-refractivity contribution in [2.45, 2.75) is 5.78 Å². The molecule has 0 fully saturated rings. The molecular formula is C13H13NO3P-. The van der Waals surface area contributed by atoms with Crippen LogP contribution in [0.15, 0.2) is 54.6 Å². The molecule has 0 spiro atoms. The van der Waals surface area contributed by atoms with Gasteiger partial charge in [-0.05, 0) is 18.7 Å². The maximum absolute atomic E-state index is 10.9. The van der Waals surface area contributed by atoms with Crippen molar-refractivity contribution in [3.63, 3.8) is 0 Å². The van der Waals surface area contributed by atoms with Crippen LogP contribution in [0.5, 0.6) is 0 Å². The Balaban J connectivity index is 2.29. The van der Waals surface area contributed by atoms with Gasteiger partial charge in [-0.2, -0.15) is 0 Å². The van der Waals surface area contributed by atoms with Gasteiger partial charge in [0.2, 0.25) is 0 Å². The summed E-state index contributed by atoms with van der Waals surface area (Å²) in [4.78, 5) is 21.8. The minimum absolute atomic E-state index is 0.419. The monoisotopic (exact) mass is 262 g/mol. The number of quaternary nitrogens is 1. The van der Waals surface area contributed by atoms with Crippen LogP contribution in [0.1, 0.15) is 11.3 Å². The van der Waals surface area contributed by atoms with Gasteiger partial charge in [-0.3, -0.25) is 0 Å². The van der Waals surface area contributed by atoms with Gasteiger partial charge in [0.1, 0.15) is 5.78 Å². The van der Waals surface area contributed by atoms with Crippen molar-refractivity contribution < 1.29 is 20.1 Å². The standard InChI is InChI=1S/C13H14NO3P/c14-13(18(15,16)17)12-8-6-11(7-9-12)10-4-2-1-3-5-10/h1-9,13H,14H2,(H2,15,16,17)/p-1/t13-/m0/s1. The van der Waals surface area contributed by atoms with Crippen LogP contribution in [0.3, 0.4) is 0 Å². The normalized spacial score (nSPS) is 13.3. The number of hydrogen-bond donors (Lipinski definition) is 1. The molecule has 0 radical (unpaired) electrons. The molecule has 0 aromatic heterocycles. The topological polar surface area (TPSA) is 90.8 Å². The highest BCUT2D eigenvalue weighted by Crippen LogP contribution is 2.38. The quantitative estimate of drug-likeness (QED) is 0.817. The molecule has 0 aliphatic rings. The van der Waals surface area contributed by atoms with Gasteiger partial charge in [-0.1, -0.05) is 54.6 Å². The van der Waals surface area contributed by atoms with Crippen molar-refractivity contribution in [2.24, 2.45) is 0 Å². The van der Waals surface area contributed by atoms with Gasteiger partial charge < -0.3 is 20.1 Å². The Labute approximate surface area is 105 Å². The predicted molar refractivity (Wildman–Crippen MR) is 65.1 cm³/mol. The Morgan fingerprint density at radius 3 is 1.89 bits per heavy atom. The average Bonchev–Trinajstić information content (AvgIpc) is 2.38. The van der Waals surface area contributed by atoms with E-state index in [-0.39, 0.29) is 0 Å². The van der Waals surface area contributed by atoms with Gasteiger partial charge in [0, 0.05) is 5.56 Å². The van der Waals surface area contributed by atoms with E-state index < -0.39 is 13.4 Å². The van der Waals surface area contributed by atoms with E-state index in [1.807, 2.05) is 30.3 Å². The summed E-state index contributed by atoms with van der Waals surface area (Å²) in [6.07, 6.45) is 0. The molecule has 0 aliphatic heterocycles. The molecular weight excluding hydrogens is 249 g/mol. The van der Waals surface area contributed by atoms with E-state index in [1.54, 1.807) is 24.3 Å². The van der Waals surface area contributed by atoms with E-state index in [0.717, 1.165) is 11.1 Å². The van der Waals surface area contributed by atoms with Gasteiger partial charge in [0.05, 0.1) is 0 Å². The van der Waals surface area contributed by atoms with Crippen LogP contribution in [0.25, 0.3) is 11.1 Å². The smallest absolute Gasteiger partial charge is 0.135 e. The molecule has 94 valence electrons. The van der Waals surface area contributed by atoms with Gasteiger partial charge in [-0.15, -0.1) is 0 Å². The van der Waals surface area contributed by atoms with Gasteiger partial charge in [0.25, 0.3) is 0 Å². The highest BCUT2D eigenvalue weighted by Gasteiger charge is 2.13. The van der Waals surface area contributed by atoms with Crippen LogP contribution in [-0.2, 0) is 4.57 Å². The van der Waals surface area contributed by atoms with Crippen LogP contribution in [0, 0.1) is 0 Å². The second-order valence-electron chi connectivity index (χ2n) is 4.04. The summed E-state index contributed by atoms with van der Waals surface area (Å²) in [7, 11) is -4.68. The molecule has 5 heteroatoms. The van der Waals surface area contributed by atoms with E-state index in [0.29, 0.717) is 5.56 Å². The highest BCUT2D eigenvalue weighted by molar-refractivity contribution is 7.48. The van der Waals surface area contributed by atoms with E-state index in [2.05, 4.69) is 5.73 Å². The zero-order valence-electron chi connectivity index (χ0n) is 9.65. The lowest BCUT2D eigenvalue weighted by Gasteiger charge is -2.32. The summed E-state index contributed by atoms with van der Waals surface area (Å²) in [5, 5.41) is 0. The largest absolute Gasteiger partial charge is 0.806 e. The molecule has 0 saturated heterocycles. The summed E-state index contributed by atoms with van der Waals surface area (Å²) < 4.78 is 10.9. The van der Waals surface area contributed by atoms with Gasteiger partial charge >= 0.3 is 0 Å². The van der Waals surface area contributed by atoms with E-state index in [1.165, 1.54) is 0 Å². The van der Waals surface area contributed by atoms with Crippen molar-refractivity contribution >= 4 is 7.60 Å².